The molecule has 0 saturated carbocycles. The van der Waals surface area contributed by atoms with E-state index in [1.807, 2.05) is 27.7 Å². The van der Waals surface area contributed by atoms with Gasteiger partial charge in [0.05, 0.1) is 17.5 Å². The Balaban J connectivity index is 2.35. The van der Waals surface area contributed by atoms with Gasteiger partial charge in [-0.2, -0.15) is 5.10 Å². The summed E-state index contributed by atoms with van der Waals surface area (Å²) in [5, 5.41) is 18.2. The molecule has 0 saturated heterocycles. The van der Waals surface area contributed by atoms with E-state index in [1.165, 1.54) is 4.68 Å². The van der Waals surface area contributed by atoms with Crippen LogP contribution >= 0.6 is 0 Å². The van der Waals surface area contributed by atoms with E-state index in [4.69, 9.17) is 0 Å². The summed E-state index contributed by atoms with van der Waals surface area (Å²) in [6.07, 6.45) is 1.11. The van der Waals surface area contributed by atoms with Gasteiger partial charge in [0, 0.05) is 11.9 Å². The van der Waals surface area contributed by atoms with E-state index < -0.39 is 6.10 Å². The number of carbonyl (C=O) groups excluding carboxylic acids is 1. The maximum atomic E-state index is 12.6. The molecule has 25 heavy (non-hydrogen) atoms. The van der Waals surface area contributed by atoms with Crippen molar-refractivity contribution in [1.29, 1.82) is 0 Å². The number of fused-ring (bicyclic) bond motifs is 1. The predicted molar refractivity (Wildman–Crippen MR) is 98.8 cm³/mol. The molecule has 0 radical (unpaired) electrons. The van der Waals surface area contributed by atoms with Crippen LogP contribution in [0.4, 0.5) is 0 Å². The number of hydrogen-bond acceptors (Lipinski definition) is 4. The number of nitrogens with zero attached hydrogens (tertiary/aromatic N) is 2. The minimum atomic E-state index is -0.596. The van der Waals surface area contributed by atoms with E-state index in [9.17, 15) is 14.7 Å². The van der Waals surface area contributed by atoms with Crippen LogP contribution in [0.2, 0.25) is 0 Å². The monoisotopic (exact) mass is 345 g/mol. The first kappa shape index (κ1) is 19.1. The zero-order valence-corrected chi connectivity index (χ0v) is 15.3. The third-order valence-corrected chi connectivity index (χ3v) is 4.60. The molecule has 0 fully saturated rings. The average Bonchev–Trinajstić information content (AvgIpc) is 2.61. The normalized spacial score (nSPS) is 12.8. The van der Waals surface area contributed by atoms with Crippen LogP contribution in [0.15, 0.2) is 29.1 Å². The highest BCUT2D eigenvalue weighted by molar-refractivity contribution is 6.04. The van der Waals surface area contributed by atoms with Crippen molar-refractivity contribution in [2.45, 2.75) is 52.7 Å². The standard InChI is InChI=1S/C19H27N3O3/c1-5-13(6-2)16(23)11-20-18(24)17-14-9-7-8-10-15(14)19(25)22(21-17)12(3)4/h7-10,12-13,16,23H,5-6,11H2,1-4H3,(H,20,24). The second-order valence-corrected chi connectivity index (χ2v) is 6.59. The fourth-order valence-electron chi connectivity index (χ4n) is 3.00. The molecular weight excluding hydrogens is 318 g/mol. The first-order chi connectivity index (χ1) is 11.9. The molecule has 0 aliphatic rings. The summed E-state index contributed by atoms with van der Waals surface area (Å²) >= 11 is 0. The SMILES string of the molecule is CCC(CC)C(O)CNC(=O)c1nn(C(C)C)c(=O)c2ccccc12. The van der Waals surface area contributed by atoms with Crippen LogP contribution in [0.3, 0.4) is 0 Å². The summed E-state index contributed by atoms with van der Waals surface area (Å²) in [4.78, 5) is 25.2. The molecule has 2 rings (SSSR count). The molecule has 0 spiro atoms. The molecule has 0 aliphatic carbocycles. The lowest BCUT2D eigenvalue weighted by molar-refractivity contribution is 0.0812. The first-order valence-electron chi connectivity index (χ1n) is 8.88. The molecule has 136 valence electrons. The lowest BCUT2D eigenvalue weighted by Crippen LogP contribution is -2.37. The molecule has 1 heterocycles. The van der Waals surface area contributed by atoms with E-state index in [2.05, 4.69) is 10.4 Å². The number of rotatable bonds is 7. The fourth-order valence-corrected chi connectivity index (χ4v) is 3.00. The van der Waals surface area contributed by atoms with Gasteiger partial charge in [0.2, 0.25) is 0 Å². The molecule has 2 N–H and O–H groups in total. The van der Waals surface area contributed by atoms with E-state index >= 15 is 0 Å². The second-order valence-electron chi connectivity index (χ2n) is 6.59. The maximum absolute atomic E-state index is 12.6. The molecule has 0 bridgehead atoms. The Bertz CT molecular complexity index is 794. The van der Waals surface area contributed by atoms with E-state index in [0.717, 1.165) is 12.8 Å². The quantitative estimate of drug-likeness (QED) is 0.807. The molecule has 2 aromatic rings. The third-order valence-electron chi connectivity index (χ3n) is 4.60. The topological polar surface area (TPSA) is 84.2 Å². The number of amides is 1. The highest BCUT2D eigenvalue weighted by Crippen LogP contribution is 2.16. The summed E-state index contributed by atoms with van der Waals surface area (Å²) in [6, 6.07) is 6.82. The smallest absolute Gasteiger partial charge is 0.274 e. The van der Waals surface area contributed by atoms with Crippen molar-refractivity contribution in [3.05, 3.63) is 40.3 Å². The van der Waals surface area contributed by atoms with Crippen molar-refractivity contribution in [3.8, 4) is 0 Å². The van der Waals surface area contributed by atoms with Crippen molar-refractivity contribution < 1.29 is 9.90 Å². The zero-order valence-electron chi connectivity index (χ0n) is 15.3. The number of hydrogen-bond donors (Lipinski definition) is 2. The van der Waals surface area contributed by atoms with Gasteiger partial charge >= 0.3 is 0 Å². The molecule has 1 aromatic heterocycles. The molecule has 1 aromatic carbocycles. The van der Waals surface area contributed by atoms with Crippen LogP contribution < -0.4 is 10.9 Å². The van der Waals surface area contributed by atoms with Gasteiger partial charge in [-0.25, -0.2) is 4.68 Å². The Labute approximate surface area is 147 Å². The number of carbonyl (C=O) groups is 1. The van der Waals surface area contributed by atoms with Gasteiger partial charge in [-0.15, -0.1) is 0 Å². The number of aliphatic hydroxyl groups is 1. The Morgan fingerprint density at radius 1 is 1.20 bits per heavy atom. The molecule has 0 aliphatic heterocycles. The van der Waals surface area contributed by atoms with Gasteiger partial charge in [0.15, 0.2) is 5.69 Å². The predicted octanol–water partition coefficient (Wildman–Crippen LogP) is 2.50. The van der Waals surface area contributed by atoms with Crippen LogP contribution in [0.25, 0.3) is 10.8 Å². The van der Waals surface area contributed by atoms with Gasteiger partial charge in [-0.1, -0.05) is 44.9 Å². The molecule has 1 unspecified atom stereocenters. The van der Waals surface area contributed by atoms with Gasteiger partial charge in [0.25, 0.3) is 11.5 Å². The molecule has 1 amide bonds. The van der Waals surface area contributed by atoms with Gasteiger partial charge in [0.1, 0.15) is 0 Å². The summed E-state index contributed by atoms with van der Waals surface area (Å²) < 4.78 is 1.33. The Morgan fingerprint density at radius 2 is 1.80 bits per heavy atom. The van der Waals surface area contributed by atoms with E-state index in [0.29, 0.717) is 10.8 Å². The number of benzene rings is 1. The highest BCUT2D eigenvalue weighted by atomic mass is 16.3. The Morgan fingerprint density at radius 3 is 2.36 bits per heavy atom. The lowest BCUT2D eigenvalue weighted by atomic mass is 9.96. The van der Waals surface area contributed by atoms with Crippen molar-refractivity contribution in [2.24, 2.45) is 5.92 Å². The largest absolute Gasteiger partial charge is 0.391 e. The van der Waals surface area contributed by atoms with Crippen LogP contribution in [0.1, 0.15) is 57.1 Å². The van der Waals surface area contributed by atoms with Gasteiger partial charge in [-0.3, -0.25) is 9.59 Å². The molecule has 6 nitrogen and oxygen atoms in total. The molecular formula is C19H27N3O3. The number of aromatic nitrogens is 2. The third kappa shape index (κ3) is 4.07. The minimum absolute atomic E-state index is 0.148. The van der Waals surface area contributed by atoms with E-state index in [1.54, 1.807) is 24.3 Å². The van der Waals surface area contributed by atoms with Gasteiger partial charge < -0.3 is 10.4 Å². The number of nitrogens with one attached hydrogen (secondary N) is 1. The summed E-state index contributed by atoms with van der Waals surface area (Å²) in [7, 11) is 0. The van der Waals surface area contributed by atoms with Crippen molar-refractivity contribution >= 4 is 16.7 Å². The summed E-state index contributed by atoms with van der Waals surface area (Å²) in [6.45, 7) is 7.91. The van der Waals surface area contributed by atoms with Crippen LogP contribution in [-0.2, 0) is 0 Å². The van der Waals surface area contributed by atoms with E-state index in [-0.39, 0.29) is 35.7 Å². The second kappa shape index (κ2) is 8.25. The highest BCUT2D eigenvalue weighted by Gasteiger charge is 2.20. The van der Waals surface area contributed by atoms with Crippen LogP contribution in [0.5, 0.6) is 0 Å². The first-order valence-corrected chi connectivity index (χ1v) is 8.88. The minimum Gasteiger partial charge on any atom is -0.391 e. The van der Waals surface area contributed by atoms with Crippen molar-refractivity contribution in [3.63, 3.8) is 0 Å². The van der Waals surface area contributed by atoms with Crippen LogP contribution in [0, 0.1) is 5.92 Å². The van der Waals surface area contributed by atoms with Crippen LogP contribution in [-0.4, -0.2) is 33.4 Å². The zero-order chi connectivity index (χ0) is 18.6. The maximum Gasteiger partial charge on any atom is 0.274 e. The Kier molecular flexibility index (Phi) is 6.31. The number of aliphatic hydroxyl groups excluding tert-OH is 1. The van der Waals surface area contributed by atoms with Gasteiger partial charge in [-0.05, 0) is 25.8 Å². The molecule has 6 heteroatoms. The fraction of sp³-hybridized carbons (Fsp3) is 0.526. The average molecular weight is 345 g/mol. The lowest BCUT2D eigenvalue weighted by Gasteiger charge is -2.20. The van der Waals surface area contributed by atoms with Crippen molar-refractivity contribution in [1.82, 2.24) is 15.1 Å². The summed E-state index contributed by atoms with van der Waals surface area (Å²) in [5.41, 5.74) is -0.000128. The van der Waals surface area contributed by atoms with Crippen molar-refractivity contribution in [2.75, 3.05) is 6.54 Å². The molecule has 1 atom stereocenters. The summed E-state index contributed by atoms with van der Waals surface area (Å²) in [5.74, 6) is -0.231. The Hall–Kier alpha value is -2.21.